The number of nitrogens with zero attached hydrogens (tertiary/aromatic N) is 8. The first-order valence-electron chi connectivity index (χ1n) is 54.4. The van der Waals surface area contributed by atoms with E-state index in [0.29, 0.717) is 27.5 Å². The van der Waals surface area contributed by atoms with Gasteiger partial charge in [-0.15, -0.1) is 0 Å². The zero-order valence-corrected chi connectivity index (χ0v) is 57.8. The van der Waals surface area contributed by atoms with E-state index in [1.54, 1.807) is 121 Å². The summed E-state index contributed by atoms with van der Waals surface area (Å²) in [6, 6.07) is 9.83. The van der Waals surface area contributed by atoms with Gasteiger partial charge in [0, 0.05) is 98.0 Å². The predicted octanol–water partition coefficient (Wildman–Crippen LogP) is 26.9. The van der Waals surface area contributed by atoms with E-state index in [1.165, 1.54) is 6.07 Å². The summed E-state index contributed by atoms with van der Waals surface area (Å²) in [5, 5.41) is -1.13. The molecule has 0 saturated carbocycles. The third-order valence-electron chi connectivity index (χ3n) is 19.3. The van der Waals surface area contributed by atoms with Crippen LogP contribution in [0.4, 0.5) is 0 Å². The van der Waals surface area contributed by atoms with Crippen LogP contribution in [0, 0.1) is 0 Å². The van der Waals surface area contributed by atoms with E-state index in [2.05, 4.69) is 9.97 Å². The van der Waals surface area contributed by atoms with E-state index >= 15 is 0 Å². The van der Waals surface area contributed by atoms with Gasteiger partial charge in [-0.3, -0.25) is 9.13 Å². The van der Waals surface area contributed by atoms with Gasteiger partial charge in [0.1, 0.15) is 44.7 Å². The molecule has 0 unspecified atom stereocenters. The number of para-hydroxylation sites is 4. The molecule has 0 N–H and O–H groups in total. The van der Waals surface area contributed by atoms with Crippen molar-refractivity contribution < 1.29 is 71.1 Å². The molecule has 114 heavy (non-hydrogen) atoms. The maximum atomic E-state index is 10.1. The molecule has 0 fully saturated rings. The zero-order chi connectivity index (χ0) is 109. The molecule has 0 amide bonds. The van der Waals surface area contributed by atoms with Gasteiger partial charge in [0.25, 0.3) is 0 Å². The Kier molecular flexibility index (Phi) is 8.38. The Hall–Kier alpha value is -15.7. The van der Waals surface area contributed by atoms with Gasteiger partial charge in [-0.1, -0.05) is 290 Å². The smallest absolute Gasteiger partial charge is 0.238 e. The maximum Gasteiger partial charge on any atom is 0.238 e. The number of fused-ring (bicyclic) bond motifs is 18. The largest absolute Gasteiger partial charge is 0.456 e. The maximum absolute atomic E-state index is 10.1. The van der Waals surface area contributed by atoms with Crippen LogP contribution in [0.25, 0.3) is 233 Å². The fourth-order valence-electron chi connectivity index (χ4n) is 14.4. The molecule has 0 radical (unpaired) electrons. The van der Waals surface area contributed by atoms with E-state index < -0.39 is 287 Å². The predicted molar refractivity (Wildman–Crippen MR) is 461 cm³/mol. The molecule has 0 aliphatic carbocycles. The molecule has 12 nitrogen and oxygen atoms in total. The second-order valence-electron chi connectivity index (χ2n) is 25.8. The van der Waals surface area contributed by atoms with E-state index in [-0.39, 0.29) is 155 Å². The van der Waals surface area contributed by atoms with Gasteiger partial charge in [-0.2, -0.15) is 19.9 Å². The SMILES string of the molecule is [2H]c1c([2H])c([2H])c(-c2c([2H])c([2H])c([2H])c3oc4c([2H])c(-c5nc(-c6ccccc6)nc(-n6c7c([2H])c([2H])c([2H])c([2H])c7c7c([2H])c8oc9c(-c%10ccccc%10)c([2H])c([2H])c([2H])c9c8c([2H])c76)n5)c([2H])c([2H])c4c23)c([2H])c1[2H].[2H]c1c([2H])c([2H])c(-c2nc(-c3ccc4c(c3)oc3cccc(-c5c([2H])c([2H])c([2H])c([2H])c5[2H])c34)nc(-n3c4c([2H])c([2H])c([2H])c([2H])c4c4c(-c5ccccc5)c5oc6c([2H])c([2H])c([2H])c([2H])c6c5c([2H])c43)n2)c([2H])c1[2H]. The van der Waals surface area contributed by atoms with Crippen LogP contribution in [0.2, 0.25) is 0 Å². The van der Waals surface area contributed by atoms with Crippen molar-refractivity contribution in [2.45, 2.75) is 0 Å². The second kappa shape index (κ2) is 26.0. The van der Waals surface area contributed by atoms with Crippen molar-refractivity contribution in [3.8, 4) is 102 Å². The standard InChI is InChI=1S/2C51H30N4O2/c1-4-15-31(16-5-1)35-23-14-26-43-46(35)38-28-27-34(29-44(38)56-43)50-52-49(33-19-8-3-9-20-33)53-51(54-50)55-40-24-12-10-22-37(40)47-41(55)30-39-36-21-11-13-25-42(36)57-48(39)45(47)32-17-6-2-7-18-32;1-4-14-31(15-5-1)35-21-13-25-44-47(35)39-27-26-34(28-45(39)56-44)50-52-49(33-18-8-3-9-19-33)53-51(54-50)55-42-24-11-10-20-37(42)40-30-46-41(29-43(40)55)38-23-12-22-36(48(38)57-46)32-16-6-2-7-17-32/h2*1-30H/i1D,3D,4D,5D,8D,9D,10D,11D,12D,13D,15D,16D,19D,20D,21D,22D,24D,25D,30D;1D,4D,5D,10D,11D,12D,13D,14D,15D,20D,21D,22D,23D,24D,25D,26D,27D,28D,29D,30D. The summed E-state index contributed by atoms with van der Waals surface area (Å²) in [6.07, 6.45) is 0. The minimum Gasteiger partial charge on any atom is -0.456 e. The first kappa shape index (κ1) is 36.7. The van der Waals surface area contributed by atoms with Gasteiger partial charge in [-0.25, -0.2) is 9.97 Å². The molecule has 0 saturated heterocycles. The van der Waals surface area contributed by atoms with Crippen molar-refractivity contribution in [1.29, 1.82) is 0 Å². The van der Waals surface area contributed by atoms with Crippen molar-refractivity contribution in [1.82, 2.24) is 39.0 Å². The molecule has 8 aromatic heterocycles. The fraction of sp³-hybridized carbons (Fsp3) is 0. The van der Waals surface area contributed by atoms with Gasteiger partial charge in [-0.05, 0) is 106 Å². The zero-order valence-electron chi connectivity index (χ0n) is 96.8. The van der Waals surface area contributed by atoms with E-state index in [0.717, 1.165) is 9.13 Å². The lowest BCUT2D eigenvalue weighted by atomic mass is 9.96. The third kappa shape index (κ3) is 10.5. The minimum atomic E-state index is -0.778. The highest BCUT2D eigenvalue weighted by atomic mass is 16.3. The molecule has 12 heteroatoms. The molecule has 0 spiro atoms. The molecular formula is C102H60N8O4. The van der Waals surface area contributed by atoms with Gasteiger partial charge in [0.2, 0.25) is 11.9 Å². The number of furan rings is 4. The van der Waals surface area contributed by atoms with Crippen LogP contribution in [-0.2, 0) is 0 Å². The van der Waals surface area contributed by atoms with E-state index in [9.17, 15) is 13.7 Å². The molecule has 532 valence electrons. The van der Waals surface area contributed by atoms with Crippen LogP contribution in [0.5, 0.6) is 0 Å². The Morgan fingerprint density at radius 3 is 1.50 bits per heavy atom. The van der Waals surface area contributed by atoms with E-state index in [4.69, 9.17) is 77.4 Å². The molecule has 0 bridgehead atoms. The summed E-state index contributed by atoms with van der Waals surface area (Å²) in [6.45, 7) is 0. The molecule has 0 aliphatic heterocycles. The summed E-state index contributed by atoms with van der Waals surface area (Å²) >= 11 is 0. The van der Waals surface area contributed by atoms with Crippen LogP contribution in [0.1, 0.15) is 53.5 Å². The molecule has 16 aromatic carbocycles. The Morgan fingerprint density at radius 2 is 0.763 bits per heavy atom. The summed E-state index contributed by atoms with van der Waals surface area (Å²) in [5.41, 5.74) is -2.70. The second-order valence-corrected chi connectivity index (χ2v) is 25.8. The Labute approximate surface area is 704 Å². The Balaban J connectivity index is 0.000000167. The number of benzene rings is 16. The number of aromatic nitrogens is 8. The van der Waals surface area contributed by atoms with Crippen LogP contribution in [-0.4, -0.2) is 39.0 Å². The monoisotopic (exact) mass is 1500 g/mol. The van der Waals surface area contributed by atoms with Crippen molar-refractivity contribution in [3.63, 3.8) is 0 Å². The van der Waals surface area contributed by atoms with Crippen molar-refractivity contribution >= 4 is 131 Å². The lowest BCUT2D eigenvalue weighted by molar-refractivity contribution is 0.668. The molecular weight excluding hydrogens is 1400 g/mol. The van der Waals surface area contributed by atoms with Gasteiger partial charge in [0.05, 0.1) is 75.5 Å². The van der Waals surface area contributed by atoms with Crippen molar-refractivity contribution in [3.05, 3.63) is 363 Å². The Bertz CT molecular complexity index is 10400. The molecule has 0 aliphatic rings. The summed E-state index contributed by atoms with van der Waals surface area (Å²) in [4.78, 5) is 28.5. The van der Waals surface area contributed by atoms with Crippen LogP contribution >= 0.6 is 0 Å². The van der Waals surface area contributed by atoms with Crippen molar-refractivity contribution in [2.75, 3.05) is 0 Å². The summed E-state index contributed by atoms with van der Waals surface area (Å²) in [7, 11) is 0. The third-order valence-corrected chi connectivity index (χ3v) is 19.3. The number of hydrogen-bond acceptors (Lipinski definition) is 10. The topological polar surface area (TPSA) is 140 Å². The first-order valence-corrected chi connectivity index (χ1v) is 34.9. The minimum absolute atomic E-state index is 0.00458. The van der Waals surface area contributed by atoms with Gasteiger partial charge >= 0.3 is 0 Å². The molecule has 8 heterocycles. The van der Waals surface area contributed by atoms with Crippen molar-refractivity contribution in [2.24, 2.45) is 0 Å². The highest BCUT2D eigenvalue weighted by Crippen LogP contribution is 2.48. The van der Waals surface area contributed by atoms with Crippen LogP contribution in [0.15, 0.2) is 381 Å². The lowest BCUT2D eigenvalue weighted by Gasteiger charge is -2.12. The summed E-state index contributed by atoms with van der Waals surface area (Å²) in [5.74, 6) is -2.39. The van der Waals surface area contributed by atoms with Gasteiger partial charge < -0.3 is 17.7 Å². The number of hydrogen-bond donors (Lipinski definition) is 0. The molecule has 0 atom stereocenters. The quantitative estimate of drug-likeness (QED) is 0.130. The number of rotatable bonds is 10. The van der Waals surface area contributed by atoms with Gasteiger partial charge in [0.15, 0.2) is 23.3 Å². The average molecular weight is 1500 g/mol. The molecule has 24 aromatic rings. The highest BCUT2D eigenvalue weighted by Gasteiger charge is 2.27. The molecule has 24 rings (SSSR count). The lowest BCUT2D eigenvalue weighted by Crippen LogP contribution is -2.06. The van der Waals surface area contributed by atoms with E-state index in [1.807, 2.05) is 0 Å². The highest BCUT2D eigenvalue weighted by molar-refractivity contribution is 6.26. The fourth-order valence-corrected chi connectivity index (χ4v) is 14.4. The normalized spacial score (nSPS) is 16.6. The van der Waals surface area contributed by atoms with Crippen LogP contribution in [0.3, 0.4) is 0 Å². The summed E-state index contributed by atoms with van der Waals surface area (Å²) < 4.78 is 376. The Morgan fingerprint density at radius 1 is 0.228 bits per heavy atom. The van der Waals surface area contributed by atoms with Crippen LogP contribution < -0.4 is 0 Å². The first-order chi connectivity index (χ1) is 72.7. The average Bonchev–Trinajstić information content (AvgIpc) is 1.52.